The van der Waals surface area contributed by atoms with Crippen LogP contribution in [0.1, 0.15) is 18.1 Å². The summed E-state index contributed by atoms with van der Waals surface area (Å²) in [5.41, 5.74) is 0.572. The van der Waals surface area contributed by atoms with Crippen LogP contribution >= 0.6 is 15.9 Å². The van der Waals surface area contributed by atoms with Gasteiger partial charge < -0.3 is 0 Å². The van der Waals surface area contributed by atoms with E-state index in [-0.39, 0.29) is 0 Å². The first kappa shape index (κ1) is 9.72. The SMILES string of the molecule is Cc1cccc([C@@](C)(F)CBr)c1. The summed E-state index contributed by atoms with van der Waals surface area (Å²) in [5.74, 6) is 0. The molecule has 0 aliphatic heterocycles. The van der Waals surface area contributed by atoms with E-state index in [9.17, 15) is 4.39 Å². The summed E-state index contributed by atoms with van der Waals surface area (Å²) >= 11 is 3.16. The van der Waals surface area contributed by atoms with E-state index < -0.39 is 5.67 Å². The fourth-order valence-corrected chi connectivity index (χ4v) is 1.37. The van der Waals surface area contributed by atoms with Crippen molar-refractivity contribution < 1.29 is 4.39 Å². The predicted octanol–water partition coefficient (Wildman–Crippen LogP) is 3.57. The highest BCUT2D eigenvalue weighted by atomic mass is 79.9. The highest BCUT2D eigenvalue weighted by Crippen LogP contribution is 2.27. The topological polar surface area (TPSA) is 0 Å². The lowest BCUT2D eigenvalue weighted by molar-refractivity contribution is 0.230. The Morgan fingerprint density at radius 3 is 2.67 bits per heavy atom. The number of aryl methyl sites for hydroxylation is 1. The van der Waals surface area contributed by atoms with Crippen LogP contribution < -0.4 is 0 Å². The minimum atomic E-state index is -1.26. The number of benzene rings is 1. The third-order valence-corrected chi connectivity index (χ3v) is 2.92. The zero-order chi connectivity index (χ0) is 9.19. The van der Waals surface area contributed by atoms with Gasteiger partial charge in [0, 0.05) is 5.33 Å². The minimum Gasteiger partial charge on any atom is -0.238 e. The van der Waals surface area contributed by atoms with Gasteiger partial charge in [0.15, 0.2) is 0 Å². The summed E-state index contributed by atoms with van der Waals surface area (Å²) in [7, 11) is 0. The second-order valence-electron chi connectivity index (χ2n) is 3.20. The standard InChI is InChI=1S/C10H12BrF/c1-8-4-3-5-9(6-8)10(2,12)7-11/h3-6H,7H2,1-2H3/t10-/m0/s1. The lowest BCUT2D eigenvalue weighted by Crippen LogP contribution is -2.16. The Morgan fingerprint density at radius 1 is 1.50 bits per heavy atom. The molecule has 0 heterocycles. The molecule has 2 heteroatoms. The van der Waals surface area contributed by atoms with Crippen molar-refractivity contribution in [2.75, 3.05) is 5.33 Å². The van der Waals surface area contributed by atoms with Crippen molar-refractivity contribution in [2.24, 2.45) is 0 Å². The second kappa shape index (κ2) is 3.56. The van der Waals surface area contributed by atoms with Crippen molar-refractivity contribution in [3.05, 3.63) is 35.4 Å². The summed E-state index contributed by atoms with van der Waals surface area (Å²) < 4.78 is 13.7. The third-order valence-electron chi connectivity index (χ3n) is 1.87. The molecule has 0 amide bonds. The van der Waals surface area contributed by atoms with Crippen LogP contribution in [0.5, 0.6) is 0 Å². The molecule has 0 N–H and O–H groups in total. The number of hydrogen-bond donors (Lipinski definition) is 0. The molecule has 12 heavy (non-hydrogen) atoms. The molecule has 0 nitrogen and oxygen atoms in total. The molecule has 1 aromatic rings. The summed E-state index contributed by atoms with van der Waals surface area (Å²) in [6, 6.07) is 7.54. The first-order chi connectivity index (χ1) is 5.56. The predicted molar refractivity (Wildman–Crippen MR) is 53.4 cm³/mol. The summed E-state index contributed by atoms with van der Waals surface area (Å²) in [6.07, 6.45) is 0. The zero-order valence-electron chi connectivity index (χ0n) is 7.27. The van der Waals surface area contributed by atoms with Crippen molar-refractivity contribution in [1.29, 1.82) is 0 Å². The van der Waals surface area contributed by atoms with E-state index in [4.69, 9.17) is 0 Å². The highest BCUT2D eigenvalue weighted by molar-refractivity contribution is 9.09. The Bertz CT molecular complexity index is 268. The molecule has 0 aliphatic carbocycles. The Morgan fingerprint density at radius 2 is 2.17 bits per heavy atom. The van der Waals surface area contributed by atoms with Gasteiger partial charge in [0.1, 0.15) is 5.67 Å². The summed E-state index contributed by atoms with van der Waals surface area (Å²) in [6.45, 7) is 3.55. The summed E-state index contributed by atoms with van der Waals surface area (Å²) in [5, 5.41) is 0.337. The minimum absolute atomic E-state index is 0.337. The maximum absolute atomic E-state index is 13.7. The highest BCUT2D eigenvalue weighted by Gasteiger charge is 2.23. The molecular formula is C10H12BrF. The van der Waals surface area contributed by atoms with Crippen LogP contribution in [0.3, 0.4) is 0 Å². The van der Waals surface area contributed by atoms with Crippen LogP contribution in [0.4, 0.5) is 4.39 Å². The third kappa shape index (κ3) is 2.07. The van der Waals surface area contributed by atoms with Crippen molar-refractivity contribution in [2.45, 2.75) is 19.5 Å². The van der Waals surface area contributed by atoms with Gasteiger partial charge in [-0.3, -0.25) is 0 Å². The smallest absolute Gasteiger partial charge is 0.142 e. The van der Waals surface area contributed by atoms with Crippen LogP contribution in [0.15, 0.2) is 24.3 Å². The lowest BCUT2D eigenvalue weighted by Gasteiger charge is -2.17. The van der Waals surface area contributed by atoms with Gasteiger partial charge in [-0.2, -0.15) is 0 Å². The molecule has 1 rings (SSSR count). The van der Waals surface area contributed by atoms with Gasteiger partial charge in [0.2, 0.25) is 0 Å². The molecule has 0 spiro atoms. The molecule has 0 aliphatic rings. The van der Waals surface area contributed by atoms with Crippen LogP contribution in [0.25, 0.3) is 0 Å². The van der Waals surface area contributed by atoms with E-state index in [1.165, 1.54) is 0 Å². The van der Waals surface area contributed by atoms with Gasteiger partial charge in [0.25, 0.3) is 0 Å². The van der Waals surface area contributed by atoms with E-state index in [2.05, 4.69) is 15.9 Å². The molecule has 0 unspecified atom stereocenters. The van der Waals surface area contributed by atoms with Gasteiger partial charge in [-0.15, -0.1) is 0 Å². The Hall–Kier alpha value is -0.370. The first-order valence-corrected chi connectivity index (χ1v) is 5.00. The average molecular weight is 231 g/mol. The van der Waals surface area contributed by atoms with Crippen LogP contribution in [-0.4, -0.2) is 5.33 Å². The molecule has 66 valence electrons. The van der Waals surface area contributed by atoms with Crippen LogP contribution in [-0.2, 0) is 5.67 Å². The molecule has 1 atom stereocenters. The van der Waals surface area contributed by atoms with Gasteiger partial charge in [-0.05, 0) is 19.4 Å². The van der Waals surface area contributed by atoms with Gasteiger partial charge in [0.05, 0.1) is 0 Å². The quantitative estimate of drug-likeness (QED) is 0.682. The Labute approximate surface area is 80.9 Å². The van der Waals surface area contributed by atoms with E-state index in [0.717, 1.165) is 11.1 Å². The number of rotatable bonds is 2. The van der Waals surface area contributed by atoms with Gasteiger partial charge >= 0.3 is 0 Å². The number of hydrogen-bond acceptors (Lipinski definition) is 0. The average Bonchev–Trinajstić information content (AvgIpc) is 2.05. The van der Waals surface area contributed by atoms with Crippen molar-refractivity contribution in [1.82, 2.24) is 0 Å². The number of alkyl halides is 2. The Kier molecular flexibility index (Phi) is 2.89. The zero-order valence-corrected chi connectivity index (χ0v) is 8.86. The molecule has 0 radical (unpaired) electrons. The van der Waals surface area contributed by atoms with E-state index in [1.807, 2.05) is 31.2 Å². The normalized spacial score (nSPS) is 15.7. The van der Waals surface area contributed by atoms with Gasteiger partial charge in [-0.25, -0.2) is 4.39 Å². The van der Waals surface area contributed by atoms with Gasteiger partial charge in [-0.1, -0.05) is 45.8 Å². The largest absolute Gasteiger partial charge is 0.238 e. The van der Waals surface area contributed by atoms with E-state index in [1.54, 1.807) is 6.92 Å². The summed E-state index contributed by atoms with van der Waals surface area (Å²) in [4.78, 5) is 0. The monoisotopic (exact) mass is 230 g/mol. The molecule has 0 bridgehead atoms. The molecular weight excluding hydrogens is 219 g/mol. The molecule has 0 fully saturated rings. The maximum atomic E-state index is 13.7. The molecule has 0 aromatic heterocycles. The second-order valence-corrected chi connectivity index (χ2v) is 3.76. The lowest BCUT2D eigenvalue weighted by atomic mass is 9.99. The van der Waals surface area contributed by atoms with E-state index >= 15 is 0 Å². The van der Waals surface area contributed by atoms with E-state index in [0.29, 0.717) is 5.33 Å². The van der Waals surface area contributed by atoms with Crippen molar-refractivity contribution >= 4 is 15.9 Å². The Balaban J connectivity index is 3.03. The van der Waals surface area contributed by atoms with Crippen molar-refractivity contribution in [3.63, 3.8) is 0 Å². The fourth-order valence-electron chi connectivity index (χ4n) is 1.05. The maximum Gasteiger partial charge on any atom is 0.142 e. The number of halogens is 2. The molecule has 1 aromatic carbocycles. The fraction of sp³-hybridized carbons (Fsp3) is 0.400. The molecule has 0 saturated carbocycles. The van der Waals surface area contributed by atoms with Crippen LogP contribution in [0, 0.1) is 6.92 Å². The molecule has 0 saturated heterocycles. The van der Waals surface area contributed by atoms with Crippen molar-refractivity contribution in [3.8, 4) is 0 Å². The van der Waals surface area contributed by atoms with Crippen LogP contribution in [0.2, 0.25) is 0 Å². The first-order valence-electron chi connectivity index (χ1n) is 3.88.